The Kier molecular flexibility index (Phi) is 3.17. The average molecular weight is 221 g/mol. The third-order valence-electron chi connectivity index (χ3n) is 2.80. The van der Waals surface area contributed by atoms with Gasteiger partial charge in [0.1, 0.15) is 5.75 Å². The molecule has 0 spiro atoms. The molecule has 0 heterocycles. The van der Waals surface area contributed by atoms with Gasteiger partial charge in [0.05, 0.1) is 11.7 Å². The van der Waals surface area contributed by atoms with Crippen LogP contribution in [0.15, 0.2) is 24.3 Å². The van der Waals surface area contributed by atoms with E-state index in [1.54, 1.807) is 6.92 Å². The summed E-state index contributed by atoms with van der Waals surface area (Å²) in [5.41, 5.74) is 0.0394. The predicted molar refractivity (Wildman–Crippen MR) is 63.6 cm³/mol. The van der Waals surface area contributed by atoms with Gasteiger partial charge < -0.3 is 15.2 Å². The molecule has 3 nitrogen and oxygen atoms in total. The van der Waals surface area contributed by atoms with Crippen LogP contribution in [0.25, 0.3) is 0 Å². The summed E-state index contributed by atoms with van der Waals surface area (Å²) in [4.78, 5) is 0. The van der Waals surface area contributed by atoms with Crippen LogP contribution in [0.4, 0.5) is 0 Å². The third kappa shape index (κ3) is 2.74. The highest BCUT2D eigenvalue weighted by Crippen LogP contribution is 2.29. The average Bonchev–Trinajstić information content (AvgIpc) is 3.02. The molecule has 0 aliphatic heterocycles. The highest BCUT2D eigenvalue weighted by molar-refractivity contribution is 5.32. The van der Waals surface area contributed by atoms with Gasteiger partial charge in [-0.25, -0.2) is 0 Å². The fourth-order valence-corrected chi connectivity index (χ4v) is 1.73. The Morgan fingerprint density at radius 2 is 2.25 bits per heavy atom. The molecule has 1 unspecified atom stereocenters. The van der Waals surface area contributed by atoms with E-state index in [4.69, 9.17) is 4.74 Å². The molecular weight excluding hydrogens is 202 g/mol. The molecule has 1 aliphatic carbocycles. The predicted octanol–water partition coefficient (Wildman–Crippen LogP) is 1.65. The van der Waals surface area contributed by atoms with Crippen molar-refractivity contribution >= 4 is 0 Å². The lowest BCUT2D eigenvalue weighted by atomic mass is 9.96. The van der Waals surface area contributed by atoms with Crippen LogP contribution in [0, 0.1) is 0 Å². The summed E-state index contributed by atoms with van der Waals surface area (Å²) in [5.74, 6) is 0.858. The van der Waals surface area contributed by atoms with Crippen molar-refractivity contribution in [3.8, 4) is 5.75 Å². The van der Waals surface area contributed by atoms with Crippen LogP contribution in [0.3, 0.4) is 0 Å². The maximum absolute atomic E-state index is 10.2. The van der Waals surface area contributed by atoms with E-state index in [2.05, 4.69) is 5.32 Å². The lowest BCUT2D eigenvalue weighted by Gasteiger charge is -2.24. The summed E-state index contributed by atoms with van der Waals surface area (Å²) in [6, 6.07) is 7.72. The Bertz CT molecular complexity index is 359. The quantitative estimate of drug-likeness (QED) is 0.794. The first-order valence-electron chi connectivity index (χ1n) is 5.76. The highest BCUT2D eigenvalue weighted by atomic mass is 16.5. The second-order valence-corrected chi connectivity index (χ2v) is 4.65. The molecule has 16 heavy (non-hydrogen) atoms. The van der Waals surface area contributed by atoms with Crippen molar-refractivity contribution in [2.24, 2.45) is 0 Å². The van der Waals surface area contributed by atoms with Crippen molar-refractivity contribution in [3.63, 3.8) is 0 Å². The maximum Gasteiger partial charge on any atom is 0.120 e. The summed E-state index contributed by atoms with van der Waals surface area (Å²) in [7, 11) is 1.83. The van der Waals surface area contributed by atoms with Crippen molar-refractivity contribution in [3.05, 3.63) is 29.8 Å². The molecule has 2 N–H and O–H groups in total. The maximum atomic E-state index is 10.2. The normalized spacial score (nSPS) is 19.2. The number of likely N-dealkylation sites (N-methyl/N-ethyl adjacent to an activating group) is 1. The van der Waals surface area contributed by atoms with Crippen molar-refractivity contribution < 1.29 is 9.84 Å². The van der Waals surface area contributed by atoms with Gasteiger partial charge in [0, 0.05) is 6.54 Å². The van der Waals surface area contributed by atoms with E-state index in [0.29, 0.717) is 12.6 Å². The lowest BCUT2D eigenvalue weighted by Crippen LogP contribution is -2.33. The van der Waals surface area contributed by atoms with Gasteiger partial charge >= 0.3 is 0 Å². The van der Waals surface area contributed by atoms with Gasteiger partial charge in [-0.2, -0.15) is 0 Å². The molecule has 0 amide bonds. The van der Waals surface area contributed by atoms with E-state index in [1.807, 2.05) is 31.3 Å². The third-order valence-corrected chi connectivity index (χ3v) is 2.80. The largest absolute Gasteiger partial charge is 0.490 e. The number of ether oxygens (including phenoxy) is 1. The number of rotatable bonds is 5. The number of hydrogen-bond acceptors (Lipinski definition) is 3. The number of aliphatic hydroxyl groups is 1. The second kappa shape index (κ2) is 4.44. The van der Waals surface area contributed by atoms with Crippen LogP contribution in [0.2, 0.25) is 0 Å². The van der Waals surface area contributed by atoms with Gasteiger partial charge in [-0.3, -0.25) is 0 Å². The molecule has 88 valence electrons. The lowest BCUT2D eigenvalue weighted by molar-refractivity contribution is 0.0588. The first-order valence-corrected chi connectivity index (χ1v) is 5.76. The van der Waals surface area contributed by atoms with Crippen LogP contribution in [-0.2, 0) is 5.60 Å². The minimum atomic E-state index is -0.850. The van der Waals surface area contributed by atoms with Gasteiger partial charge in [-0.05, 0) is 44.5 Å². The standard InChI is InChI=1S/C13H19NO2/c1-13(15,9-14-2)10-4-3-5-12(8-10)16-11-6-7-11/h3-5,8,11,14-15H,6-7,9H2,1-2H3. The summed E-state index contributed by atoms with van der Waals surface area (Å²) in [6.45, 7) is 2.33. The molecule has 1 saturated carbocycles. The summed E-state index contributed by atoms with van der Waals surface area (Å²) in [5, 5.41) is 13.2. The van der Waals surface area contributed by atoms with Gasteiger partial charge in [-0.1, -0.05) is 12.1 Å². The molecule has 3 heteroatoms. The molecule has 0 bridgehead atoms. The topological polar surface area (TPSA) is 41.5 Å². The van der Waals surface area contributed by atoms with Gasteiger partial charge in [-0.15, -0.1) is 0 Å². The SMILES string of the molecule is CNCC(C)(O)c1cccc(OC2CC2)c1. The Morgan fingerprint density at radius 1 is 1.50 bits per heavy atom. The van der Waals surface area contributed by atoms with Crippen molar-refractivity contribution in [2.75, 3.05) is 13.6 Å². The summed E-state index contributed by atoms with van der Waals surface area (Å²) < 4.78 is 5.71. The van der Waals surface area contributed by atoms with Gasteiger partial charge in [0.15, 0.2) is 0 Å². The van der Waals surface area contributed by atoms with E-state index in [0.717, 1.165) is 24.2 Å². The number of benzene rings is 1. The van der Waals surface area contributed by atoms with Crippen LogP contribution >= 0.6 is 0 Å². The fraction of sp³-hybridized carbons (Fsp3) is 0.538. The van der Waals surface area contributed by atoms with Crippen molar-refractivity contribution in [2.45, 2.75) is 31.5 Å². The minimum absolute atomic E-state index is 0.393. The van der Waals surface area contributed by atoms with E-state index in [1.165, 1.54) is 0 Å². The molecule has 1 atom stereocenters. The first kappa shape index (κ1) is 11.4. The Labute approximate surface area is 96.4 Å². The molecule has 0 radical (unpaired) electrons. The molecule has 0 aromatic heterocycles. The van der Waals surface area contributed by atoms with Crippen molar-refractivity contribution in [1.29, 1.82) is 0 Å². The summed E-state index contributed by atoms with van der Waals surface area (Å²) in [6.07, 6.45) is 2.69. The van der Waals surface area contributed by atoms with Crippen LogP contribution in [0.1, 0.15) is 25.3 Å². The Balaban J connectivity index is 2.13. The van der Waals surface area contributed by atoms with Crippen LogP contribution < -0.4 is 10.1 Å². The van der Waals surface area contributed by atoms with Gasteiger partial charge in [0.2, 0.25) is 0 Å². The molecule has 1 fully saturated rings. The van der Waals surface area contributed by atoms with Crippen LogP contribution in [0.5, 0.6) is 5.75 Å². The van der Waals surface area contributed by atoms with E-state index in [9.17, 15) is 5.11 Å². The smallest absolute Gasteiger partial charge is 0.120 e. The monoisotopic (exact) mass is 221 g/mol. The minimum Gasteiger partial charge on any atom is -0.490 e. The molecule has 2 rings (SSSR count). The first-order chi connectivity index (χ1) is 7.62. The summed E-state index contributed by atoms with van der Waals surface area (Å²) >= 11 is 0. The molecule has 1 aromatic rings. The molecule has 1 aliphatic rings. The molecular formula is C13H19NO2. The van der Waals surface area contributed by atoms with Gasteiger partial charge in [0.25, 0.3) is 0 Å². The van der Waals surface area contributed by atoms with Crippen LogP contribution in [-0.4, -0.2) is 24.8 Å². The zero-order valence-electron chi connectivity index (χ0n) is 9.86. The number of hydrogen-bond donors (Lipinski definition) is 2. The van der Waals surface area contributed by atoms with E-state index >= 15 is 0 Å². The second-order valence-electron chi connectivity index (χ2n) is 4.65. The van der Waals surface area contributed by atoms with E-state index in [-0.39, 0.29) is 0 Å². The van der Waals surface area contributed by atoms with Crippen molar-refractivity contribution in [1.82, 2.24) is 5.32 Å². The Morgan fingerprint density at radius 3 is 2.88 bits per heavy atom. The van der Waals surface area contributed by atoms with E-state index < -0.39 is 5.60 Å². The fourth-order valence-electron chi connectivity index (χ4n) is 1.73. The zero-order valence-corrected chi connectivity index (χ0v) is 9.86. The molecule has 0 saturated heterocycles. The molecule has 1 aromatic carbocycles. The highest BCUT2D eigenvalue weighted by Gasteiger charge is 2.25. The Hall–Kier alpha value is -1.06. The zero-order chi connectivity index (χ0) is 11.6. The number of nitrogens with one attached hydrogen (secondary N) is 1.